The van der Waals surface area contributed by atoms with E-state index in [4.69, 9.17) is 5.73 Å². The molecule has 0 bridgehead atoms. The molecule has 1 rings (SSSR count). The minimum Gasteiger partial charge on any atom is -0.328 e. The van der Waals surface area contributed by atoms with Crippen molar-refractivity contribution in [3.8, 4) is 11.8 Å². The van der Waals surface area contributed by atoms with Crippen molar-refractivity contribution in [3.63, 3.8) is 0 Å². The summed E-state index contributed by atoms with van der Waals surface area (Å²) in [6, 6.07) is 8.97. The van der Waals surface area contributed by atoms with Gasteiger partial charge in [-0.25, -0.2) is 0 Å². The molecule has 0 fully saturated rings. The van der Waals surface area contributed by atoms with E-state index in [1.54, 1.807) is 0 Å². The zero-order valence-corrected chi connectivity index (χ0v) is 10.3. The van der Waals surface area contributed by atoms with E-state index in [1.165, 1.54) is 11.1 Å². The lowest BCUT2D eigenvalue weighted by Crippen LogP contribution is -2.20. The third kappa shape index (κ3) is 5.00. The van der Waals surface area contributed by atoms with Gasteiger partial charge in [0, 0.05) is 12.5 Å². The summed E-state index contributed by atoms with van der Waals surface area (Å²) >= 11 is 0. The van der Waals surface area contributed by atoms with Crippen LogP contribution in [0.5, 0.6) is 0 Å². The summed E-state index contributed by atoms with van der Waals surface area (Å²) in [5.74, 6) is 5.95. The van der Waals surface area contributed by atoms with Crippen molar-refractivity contribution >= 4 is 0 Å². The van der Waals surface area contributed by atoms with Gasteiger partial charge in [-0.2, -0.15) is 0 Å². The van der Waals surface area contributed by atoms with Gasteiger partial charge in [0.1, 0.15) is 0 Å². The van der Waals surface area contributed by atoms with Gasteiger partial charge in [-0.05, 0) is 38.7 Å². The molecule has 1 atom stereocenters. The zero-order valence-electron chi connectivity index (χ0n) is 10.3. The molecule has 0 radical (unpaired) electrons. The minimum atomic E-state index is 0.280. The van der Waals surface area contributed by atoms with Crippen LogP contribution < -0.4 is 5.73 Å². The molecule has 0 aromatic heterocycles. The summed E-state index contributed by atoms with van der Waals surface area (Å²) in [5, 5.41) is 0. The Morgan fingerprint density at radius 3 is 2.50 bits per heavy atom. The van der Waals surface area contributed by atoms with E-state index < -0.39 is 0 Å². The Morgan fingerprint density at radius 1 is 1.19 bits per heavy atom. The highest BCUT2D eigenvalue weighted by Gasteiger charge is 2.02. The fraction of sp³-hybridized carbons (Fsp3) is 0.467. The molecule has 0 aliphatic carbocycles. The second-order valence-corrected chi connectivity index (χ2v) is 4.25. The number of hydrogen-bond acceptors (Lipinski definition) is 1. The lowest BCUT2D eigenvalue weighted by Gasteiger charge is -2.09. The molecule has 0 heterocycles. The van der Waals surface area contributed by atoms with Crippen molar-refractivity contribution in [3.05, 3.63) is 35.4 Å². The topological polar surface area (TPSA) is 26.0 Å². The molecular formula is C15H21N. The van der Waals surface area contributed by atoms with Crippen LogP contribution in [0.4, 0.5) is 0 Å². The van der Waals surface area contributed by atoms with Crippen molar-refractivity contribution in [2.24, 2.45) is 5.73 Å². The van der Waals surface area contributed by atoms with Gasteiger partial charge in [0.05, 0.1) is 0 Å². The first kappa shape index (κ1) is 12.8. The third-order valence-electron chi connectivity index (χ3n) is 2.74. The summed E-state index contributed by atoms with van der Waals surface area (Å²) in [5.41, 5.74) is 8.71. The number of nitrogens with two attached hydrogens (primary N) is 1. The zero-order chi connectivity index (χ0) is 11.8. The van der Waals surface area contributed by atoms with Gasteiger partial charge < -0.3 is 5.73 Å². The molecule has 1 heteroatoms. The lowest BCUT2D eigenvalue weighted by atomic mass is 10.0. The summed E-state index contributed by atoms with van der Waals surface area (Å²) in [6.45, 7) is 3.98. The Hall–Kier alpha value is -1.26. The number of benzene rings is 1. The Morgan fingerprint density at radius 2 is 1.88 bits per heavy atom. The third-order valence-corrected chi connectivity index (χ3v) is 2.74. The van der Waals surface area contributed by atoms with E-state index in [1.807, 2.05) is 6.92 Å². The molecule has 2 N–H and O–H groups in total. The molecule has 1 unspecified atom stereocenters. The predicted octanol–water partition coefficient (Wildman–Crippen LogP) is 3.06. The maximum Gasteiger partial charge on any atom is 0.0103 e. The van der Waals surface area contributed by atoms with Gasteiger partial charge >= 0.3 is 0 Å². The normalized spacial score (nSPS) is 11.7. The molecular weight excluding hydrogens is 194 g/mol. The second kappa shape index (κ2) is 7.09. The van der Waals surface area contributed by atoms with E-state index in [0.29, 0.717) is 0 Å². The predicted molar refractivity (Wildman–Crippen MR) is 70.2 cm³/mol. The highest BCUT2D eigenvalue weighted by atomic mass is 14.6. The van der Waals surface area contributed by atoms with Crippen molar-refractivity contribution in [2.75, 3.05) is 0 Å². The van der Waals surface area contributed by atoms with Crippen molar-refractivity contribution in [1.82, 2.24) is 0 Å². The lowest BCUT2D eigenvalue weighted by molar-refractivity contribution is 0.578. The fourth-order valence-electron chi connectivity index (χ4n) is 1.63. The number of aryl methyl sites for hydroxylation is 2. The first-order valence-corrected chi connectivity index (χ1v) is 5.93. The van der Waals surface area contributed by atoms with Crippen LogP contribution in [0.2, 0.25) is 0 Å². The van der Waals surface area contributed by atoms with Crippen LogP contribution in [0.3, 0.4) is 0 Å². The van der Waals surface area contributed by atoms with Crippen LogP contribution in [-0.2, 0) is 6.42 Å². The van der Waals surface area contributed by atoms with E-state index >= 15 is 0 Å². The van der Waals surface area contributed by atoms with Gasteiger partial charge in [-0.15, -0.1) is 11.8 Å². The van der Waals surface area contributed by atoms with Crippen LogP contribution in [0.25, 0.3) is 0 Å². The highest BCUT2D eigenvalue weighted by Crippen LogP contribution is 2.08. The Kier molecular flexibility index (Phi) is 5.67. The summed E-state index contributed by atoms with van der Waals surface area (Å²) in [7, 11) is 0. The Balaban J connectivity index is 2.27. The summed E-state index contributed by atoms with van der Waals surface area (Å²) < 4.78 is 0. The molecule has 16 heavy (non-hydrogen) atoms. The molecule has 0 aliphatic heterocycles. The molecule has 0 amide bonds. The first-order chi connectivity index (χ1) is 7.72. The molecule has 0 saturated carbocycles. The van der Waals surface area contributed by atoms with Crippen LogP contribution in [0, 0.1) is 18.8 Å². The monoisotopic (exact) mass is 215 g/mol. The molecule has 86 valence electrons. The first-order valence-electron chi connectivity index (χ1n) is 5.93. The quantitative estimate of drug-likeness (QED) is 0.751. The molecule has 0 aliphatic rings. The van der Waals surface area contributed by atoms with Gasteiger partial charge in [-0.1, -0.05) is 29.8 Å². The van der Waals surface area contributed by atoms with E-state index in [2.05, 4.69) is 43.0 Å². The van der Waals surface area contributed by atoms with Gasteiger partial charge in [0.25, 0.3) is 0 Å². The van der Waals surface area contributed by atoms with Crippen molar-refractivity contribution in [1.29, 1.82) is 0 Å². The van der Waals surface area contributed by atoms with Crippen LogP contribution in [-0.4, -0.2) is 6.04 Å². The van der Waals surface area contributed by atoms with E-state index in [0.717, 1.165) is 25.7 Å². The maximum absolute atomic E-state index is 6.02. The standard InChI is InChI=1S/C15H21N/c1-3-4-5-6-15(16)12-11-14-9-7-13(2)8-10-14/h7-10,15H,5-6,11-12,16H2,1-2H3. The minimum absolute atomic E-state index is 0.280. The maximum atomic E-state index is 6.02. The molecule has 0 spiro atoms. The highest BCUT2D eigenvalue weighted by molar-refractivity contribution is 5.21. The van der Waals surface area contributed by atoms with E-state index in [-0.39, 0.29) is 6.04 Å². The van der Waals surface area contributed by atoms with Gasteiger partial charge in [0.15, 0.2) is 0 Å². The molecule has 1 nitrogen and oxygen atoms in total. The van der Waals surface area contributed by atoms with Gasteiger partial charge in [0.2, 0.25) is 0 Å². The molecule has 0 saturated heterocycles. The van der Waals surface area contributed by atoms with Crippen LogP contribution >= 0.6 is 0 Å². The number of hydrogen-bond donors (Lipinski definition) is 1. The average molecular weight is 215 g/mol. The smallest absolute Gasteiger partial charge is 0.0103 e. The Bertz CT molecular complexity index is 353. The Labute approximate surface area is 99.1 Å². The van der Waals surface area contributed by atoms with Crippen molar-refractivity contribution in [2.45, 2.75) is 45.6 Å². The average Bonchev–Trinajstić information content (AvgIpc) is 2.29. The van der Waals surface area contributed by atoms with Gasteiger partial charge in [-0.3, -0.25) is 0 Å². The second-order valence-electron chi connectivity index (χ2n) is 4.25. The largest absolute Gasteiger partial charge is 0.328 e. The van der Waals surface area contributed by atoms with E-state index in [9.17, 15) is 0 Å². The molecule has 1 aromatic carbocycles. The summed E-state index contributed by atoms with van der Waals surface area (Å²) in [6.07, 6.45) is 4.05. The molecule has 1 aromatic rings. The number of rotatable bonds is 5. The SMILES string of the molecule is CC#CCCC(N)CCc1ccc(C)cc1. The van der Waals surface area contributed by atoms with Crippen LogP contribution in [0.1, 0.15) is 37.3 Å². The fourth-order valence-corrected chi connectivity index (χ4v) is 1.63. The summed E-state index contributed by atoms with van der Waals surface area (Å²) in [4.78, 5) is 0. The van der Waals surface area contributed by atoms with Crippen LogP contribution in [0.15, 0.2) is 24.3 Å². The van der Waals surface area contributed by atoms with Crippen molar-refractivity contribution < 1.29 is 0 Å².